The number of methoxy groups -OCH3 is 1. The third kappa shape index (κ3) is 8.00. The van der Waals surface area contributed by atoms with Crippen molar-refractivity contribution in [2.75, 3.05) is 45.3 Å². The molecule has 0 aromatic heterocycles. The minimum Gasteiger partial charge on any atom is -0.385 e. The van der Waals surface area contributed by atoms with Gasteiger partial charge >= 0.3 is 0 Å². The number of aliphatic imine (C=N–C) groups is 1. The summed E-state index contributed by atoms with van der Waals surface area (Å²) in [7, 11) is 3.57. The highest BCUT2D eigenvalue weighted by Crippen LogP contribution is 2.23. The number of halogens is 2. The molecule has 2 N–H and O–H groups in total. The van der Waals surface area contributed by atoms with Crippen LogP contribution in [-0.2, 0) is 4.74 Å². The number of nitrogens with zero attached hydrogens (tertiary/aromatic N) is 2. The minimum atomic E-state index is 0. The van der Waals surface area contributed by atoms with Gasteiger partial charge in [-0.2, -0.15) is 0 Å². The molecule has 1 aromatic rings. The first-order valence-electron chi connectivity index (χ1n) is 8.69. The minimum absolute atomic E-state index is 0. The normalized spacial score (nSPS) is 17.3. The van der Waals surface area contributed by atoms with E-state index in [1.165, 1.54) is 12.1 Å². The second-order valence-electron chi connectivity index (χ2n) is 6.11. The summed E-state index contributed by atoms with van der Waals surface area (Å²) in [6, 6.07) is 8.46. The maximum atomic E-state index is 6.09. The first kappa shape index (κ1) is 22.3. The molecule has 1 heterocycles. The number of nitrogens with one attached hydrogen (secondary N) is 2. The highest BCUT2D eigenvalue weighted by molar-refractivity contribution is 14.0. The van der Waals surface area contributed by atoms with Crippen LogP contribution in [0.2, 0.25) is 5.02 Å². The Morgan fingerprint density at radius 2 is 2.20 bits per heavy atom. The number of rotatable bonds is 8. The molecule has 1 fully saturated rings. The van der Waals surface area contributed by atoms with E-state index in [9.17, 15) is 0 Å². The summed E-state index contributed by atoms with van der Waals surface area (Å²) in [5.41, 5.74) is 1.19. The molecule has 1 atom stereocenters. The molecule has 1 aliphatic rings. The fourth-order valence-corrected chi connectivity index (χ4v) is 3.11. The Morgan fingerprint density at radius 1 is 1.36 bits per heavy atom. The summed E-state index contributed by atoms with van der Waals surface area (Å²) < 4.78 is 5.06. The van der Waals surface area contributed by atoms with E-state index in [1.54, 1.807) is 7.11 Å². The zero-order valence-electron chi connectivity index (χ0n) is 15.1. The van der Waals surface area contributed by atoms with Crippen molar-refractivity contribution in [1.29, 1.82) is 0 Å². The largest absolute Gasteiger partial charge is 0.385 e. The molecule has 1 unspecified atom stereocenters. The Kier molecular flexibility index (Phi) is 11.2. The van der Waals surface area contributed by atoms with E-state index in [0.717, 1.165) is 56.5 Å². The number of anilines is 1. The van der Waals surface area contributed by atoms with Crippen LogP contribution in [0.1, 0.15) is 25.7 Å². The smallest absolute Gasteiger partial charge is 0.191 e. The van der Waals surface area contributed by atoms with Crippen molar-refractivity contribution in [2.45, 2.75) is 31.7 Å². The molecule has 1 saturated heterocycles. The highest BCUT2D eigenvalue weighted by atomic mass is 127. The molecule has 2 rings (SSSR count). The number of benzene rings is 1. The van der Waals surface area contributed by atoms with Crippen molar-refractivity contribution in [3.05, 3.63) is 29.3 Å². The summed E-state index contributed by atoms with van der Waals surface area (Å²) in [6.45, 7) is 3.78. The van der Waals surface area contributed by atoms with Gasteiger partial charge in [0.25, 0.3) is 0 Å². The van der Waals surface area contributed by atoms with E-state index in [2.05, 4.69) is 26.6 Å². The first-order valence-corrected chi connectivity index (χ1v) is 9.07. The van der Waals surface area contributed by atoms with Crippen molar-refractivity contribution >= 4 is 47.2 Å². The number of guanidine groups is 1. The Morgan fingerprint density at radius 3 is 2.92 bits per heavy atom. The second-order valence-corrected chi connectivity index (χ2v) is 6.54. The average Bonchev–Trinajstić information content (AvgIpc) is 3.05. The standard InChI is InChI=1S/C18H29ClN4O.HI/c1-20-18(21-10-4-3-5-12-24-2)22-16-9-11-23(14-16)17-8-6-7-15(19)13-17;/h6-8,13,16H,3-5,9-12,14H2,1-2H3,(H2,20,21,22);1H. The van der Waals surface area contributed by atoms with Crippen LogP contribution in [-0.4, -0.2) is 52.4 Å². The Hall–Kier alpha value is -0.730. The van der Waals surface area contributed by atoms with Crippen molar-refractivity contribution in [2.24, 2.45) is 4.99 Å². The number of hydrogen-bond acceptors (Lipinski definition) is 3. The quantitative estimate of drug-likeness (QED) is 0.259. The summed E-state index contributed by atoms with van der Waals surface area (Å²) in [5.74, 6) is 0.889. The molecule has 5 nitrogen and oxygen atoms in total. The van der Waals surface area contributed by atoms with Crippen molar-refractivity contribution in [3.63, 3.8) is 0 Å². The molecule has 0 amide bonds. The maximum Gasteiger partial charge on any atom is 0.191 e. The fourth-order valence-electron chi connectivity index (χ4n) is 2.93. The molecule has 142 valence electrons. The average molecular weight is 481 g/mol. The van der Waals surface area contributed by atoms with Gasteiger partial charge in [-0.15, -0.1) is 24.0 Å². The molecule has 0 spiro atoms. The zero-order chi connectivity index (χ0) is 17.2. The lowest BCUT2D eigenvalue weighted by atomic mass is 10.2. The molecular formula is C18H30ClIN4O. The Balaban J connectivity index is 0.00000312. The molecule has 7 heteroatoms. The van der Waals surface area contributed by atoms with Crippen LogP contribution in [0.3, 0.4) is 0 Å². The van der Waals surface area contributed by atoms with Crippen LogP contribution in [0.25, 0.3) is 0 Å². The van der Waals surface area contributed by atoms with Crippen LogP contribution in [0.15, 0.2) is 29.3 Å². The topological polar surface area (TPSA) is 48.9 Å². The van der Waals surface area contributed by atoms with Gasteiger partial charge in [-0.25, -0.2) is 0 Å². The summed E-state index contributed by atoms with van der Waals surface area (Å²) in [6.07, 6.45) is 4.51. The molecule has 0 saturated carbocycles. The molecule has 0 bridgehead atoms. The molecular weight excluding hydrogens is 451 g/mol. The zero-order valence-corrected chi connectivity index (χ0v) is 18.2. The van der Waals surface area contributed by atoms with E-state index in [-0.39, 0.29) is 24.0 Å². The summed E-state index contributed by atoms with van der Waals surface area (Å²) in [5, 5.41) is 7.70. The van der Waals surface area contributed by atoms with Crippen LogP contribution >= 0.6 is 35.6 Å². The van der Waals surface area contributed by atoms with Gasteiger partial charge in [0.05, 0.1) is 0 Å². The van der Waals surface area contributed by atoms with Crippen LogP contribution < -0.4 is 15.5 Å². The SMILES string of the molecule is CN=C(NCCCCCOC)NC1CCN(c2cccc(Cl)c2)C1.I. The molecule has 1 aromatic carbocycles. The van der Waals surface area contributed by atoms with Gasteiger partial charge in [-0.3, -0.25) is 4.99 Å². The predicted molar refractivity (Wildman–Crippen MR) is 118 cm³/mol. The van der Waals surface area contributed by atoms with Gasteiger partial charge in [-0.1, -0.05) is 17.7 Å². The predicted octanol–water partition coefficient (Wildman–Crippen LogP) is 3.52. The van der Waals surface area contributed by atoms with Gasteiger partial charge in [0.15, 0.2) is 5.96 Å². The van der Waals surface area contributed by atoms with E-state index >= 15 is 0 Å². The van der Waals surface area contributed by atoms with Crippen LogP contribution in [0.4, 0.5) is 5.69 Å². The summed E-state index contributed by atoms with van der Waals surface area (Å²) >= 11 is 6.09. The van der Waals surface area contributed by atoms with Crippen LogP contribution in [0, 0.1) is 0 Å². The molecule has 0 radical (unpaired) electrons. The van der Waals surface area contributed by atoms with Gasteiger partial charge in [0.2, 0.25) is 0 Å². The monoisotopic (exact) mass is 480 g/mol. The fraction of sp³-hybridized carbons (Fsp3) is 0.611. The number of hydrogen-bond donors (Lipinski definition) is 2. The Bertz CT molecular complexity index is 530. The molecule has 1 aliphatic heterocycles. The lowest BCUT2D eigenvalue weighted by Gasteiger charge is -2.20. The first-order chi connectivity index (χ1) is 11.7. The lowest BCUT2D eigenvalue weighted by Crippen LogP contribution is -2.44. The molecule has 25 heavy (non-hydrogen) atoms. The van der Waals surface area contributed by atoms with Gasteiger partial charge in [0, 0.05) is 57.2 Å². The Labute approximate surface area is 173 Å². The third-order valence-corrected chi connectivity index (χ3v) is 4.48. The third-order valence-electron chi connectivity index (χ3n) is 4.24. The van der Waals surface area contributed by atoms with Gasteiger partial charge in [0.1, 0.15) is 0 Å². The van der Waals surface area contributed by atoms with E-state index in [0.29, 0.717) is 6.04 Å². The van der Waals surface area contributed by atoms with Gasteiger partial charge in [-0.05, 0) is 43.9 Å². The lowest BCUT2D eigenvalue weighted by molar-refractivity contribution is 0.192. The van der Waals surface area contributed by atoms with Crippen molar-refractivity contribution < 1.29 is 4.74 Å². The van der Waals surface area contributed by atoms with Gasteiger partial charge < -0.3 is 20.3 Å². The van der Waals surface area contributed by atoms with E-state index < -0.39 is 0 Å². The van der Waals surface area contributed by atoms with Crippen molar-refractivity contribution in [3.8, 4) is 0 Å². The number of unbranched alkanes of at least 4 members (excludes halogenated alkanes) is 2. The van der Waals surface area contributed by atoms with Crippen molar-refractivity contribution in [1.82, 2.24) is 10.6 Å². The summed E-state index contributed by atoms with van der Waals surface area (Å²) in [4.78, 5) is 6.69. The van der Waals surface area contributed by atoms with Crippen LogP contribution in [0.5, 0.6) is 0 Å². The van der Waals surface area contributed by atoms with E-state index in [1.807, 2.05) is 25.2 Å². The number of ether oxygens (including phenoxy) is 1. The van der Waals surface area contributed by atoms with E-state index in [4.69, 9.17) is 16.3 Å². The second kappa shape index (κ2) is 12.6. The molecule has 0 aliphatic carbocycles. The maximum absolute atomic E-state index is 6.09. The highest BCUT2D eigenvalue weighted by Gasteiger charge is 2.23.